The molecule has 1 unspecified atom stereocenters. The fourth-order valence-corrected chi connectivity index (χ4v) is 1.66. The quantitative estimate of drug-likeness (QED) is 0.471. The number of carbonyl (C=O) groups excluding carboxylic acids is 2. The van der Waals surface area contributed by atoms with Gasteiger partial charge in [-0.1, -0.05) is 32.6 Å². The van der Waals surface area contributed by atoms with Crippen LogP contribution in [-0.2, 0) is 14.3 Å². The van der Waals surface area contributed by atoms with E-state index in [0.717, 1.165) is 32.1 Å². The van der Waals surface area contributed by atoms with Gasteiger partial charge >= 0.3 is 5.97 Å². The standard InChI is InChI=1S/C13H25NO3/c1-3-11(15)9-7-5-4-6-8-10-12(14)13(16)17-2/h12H,3-10,14H2,1-2H3. The predicted molar refractivity (Wildman–Crippen MR) is 67.6 cm³/mol. The predicted octanol–water partition coefficient (Wildman–Crippen LogP) is 2.20. The molecule has 0 aromatic heterocycles. The zero-order chi connectivity index (χ0) is 13.1. The van der Waals surface area contributed by atoms with E-state index in [4.69, 9.17) is 5.73 Å². The van der Waals surface area contributed by atoms with Gasteiger partial charge in [-0.3, -0.25) is 9.59 Å². The van der Waals surface area contributed by atoms with Gasteiger partial charge in [0.2, 0.25) is 0 Å². The topological polar surface area (TPSA) is 69.4 Å². The fraction of sp³-hybridized carbons (Fsp3) is 0.846. The van der Waals surface area contributed by atoms with E-state index in [1.165, 1.54) is 7.11 Å². The van der Waals surface area contributed by atoms with Crippen molar-refractivity contribution in [2.24, 2.45) is 5.73 Å². The number of Topliss-reactive ketones (excluding diaryl/α,β-unsaturated/α-hetero) is 1. The first-order valence-corrected chi connectivity index (χ1v) is 6.47. The summed E-state index contributed by atoms with van der Waals surface area (Å²) in [6, 6.07) is -0.485. The molecule has 0 aliphatic rings. The second-order valence-corrected chi connectivity index (χ2v) is 4.33. The molecule has 0 bridgehead atoms. The van der Waals surface area contributed by atoms with Crippen LogP contribution in [0.3, 0.4) is 0 Å². The van der Waals surface area contributed by atoms with Gasteiger partial charge in [-0.25, -0.2) is 0 Å². The van der Waals surface area contributed by atoms with E-state index in [1.807, 2.05) is 6.92 Å². The summed E-state index contributed by atoms with van der Waals surface area (Å²) in [5, 5.41) is 0. The monoisotopic (exact) mass is 243 g/mol. The maximum atomic E-state index is 11.0. The Morgan fingerprint density at radius 3 is 2.29 bits per heavy atom. The zero-order valence-corrected chi connectivity index (χ0v) is 11.0. The SMILES string of the molecule is CCC(=O)CCCCCCCC(N)C(=O)OC. The highest BCUT2D eigenvalue weighted by Crippen LogP contribution is 2.09. The Bertz CT molecular complexity index is 229. The lowest BCUT2D eigenvalue weighted by Gasteiger charge is -2.08. The van der Waals surface area contributed by atoms with Gasteiger partial charge in [-0.15, -0.1) is 0 Å². The molecule has 0 rings (SSSR count). The maximum absolute atomic E-state index is 11.0. The summed E-state index contributed by atoms with van der Waals surface area (Å²) < 4.78 is 4.54. The summed E-state index contributed by atoms with van der Waals surface area (Å²) in [4.78, 5) is 22.0. The molecule has 0 aliphatic heterocycles. The highest BCUT2D eigenvalue weighted by molar-refractivity contribution is 5.77. The zero-order valence-electron chi connectivity index (χ0n) is 11.0. The normalized spacial score (nSPS) is 12.2. The number of hydrogen-bond acceptors (Lipinski definition) is 4. The van der Waals surface area contributed by atoms with Crippen molar-refractivity contribution in [1.29, 1.82) is 0 Å². The van der Waals surface area contributed by atoms with Gasteiger partial charge < -0.3 is 10.5 Å². The molecule has 1 atom stereocenters. The van der Waals surface area contributed by atoms with E-state index in [9.17, 15) is 9.59 Å². The van der Waals surface area contributed by atoms with Gasteiger partial charge in [0.1, 0.15) is 11.8 Å². The highest BCUT2D eigenvalue weighted by Gasteiger charge is 2.12. The number of carbonyl (C=O) groups is 2. The smallest absolute Gasteiger partial charge is 0.322 e. The number of methoxy groups -OCH3 is 1. The van der Waals surface area contributed by atoms with E-state index in [2.05, 4.69) is 4.74 Å². The molecule has 2 N–H and O–H groups in total. The maximum Gasteiger partial charge on any atom is 0.322 e. The number of unbranched alkanes of at least 4 members (excludes halogenated alkanes) is 4. The molecule has 100 valence electrons. The summed E-state index contributed by atoms with van der Waals surface area (Å²) in [6.07, 6.45) is 7.20. The first-order chi connectivity index (χ1) is 8.11. The van der Waals surface area contributed by atoms with Gasteiger partial charge in [-0.2, -0.15) is 0 Å². The molecular weight excluding hydrogens is 218 g/mol. The number of ether oxygens (including phenoxy) is 1. The van der Waals surface area contributed by atoms with Crippen molar-refractivity contribution in [3.05, 3.63) is 0 Å². The summed E-state index contributed by atoms with van der Waals surface area (Å²) in [5.74, 6) is 0.0104. The molecule has 0 spiro atoms. The molecule has 0 saturated carbocycles. The average molecular weight is 243 g/mol. The molecule has 0 aromatic rings. The van der Waals surface area contributed by atoms with Crippen LogP contribution in [0.2, 0.25) is 0 Å². The molecule has 0 saturated heterocycles. The van der Waals surface area contributed by atoms with Gasteiger partial charge in [0, 0.05) is 12.8 Å². The van der Waals surface area contributed by atoms with E-state index in [0.29, 0.717) is 25.0 Å². The van der Waals surface area contributed by atoms with Crippen LogP contribution in [0.1, 0.15) is 58.3 Å². The molecular formula is C13H25NO3. The minimum atomic E-state index is -0.485. The Balaban J connectivity index is 3.29. The van der Waals surface area contributed by atoms with Crippen molar-refractivity contribution >= 4 is 11.8 Å². The Hall–Kier alpha value is -0.900. The molecule has 0 aromatic carbocycles. The van der Waals surface area contributed by atoms with Gasteiger partial charge in [-0.05, 0) is 12.8 Å². The third-order valence-electron chi connectivity index (χ3n) is 2.87. The molecule has 0 heterocycles. The van der Waals surface area contributed by atoms with Crippen molar-refractivity contribution in [1.82, 2.24) is 0 Å². The Morgan fingerprint density at radius 2 is 1.71 bits per heavy atom. The second kappa shape index (κ2) is 10.3. The van der Waals surface area contributed by atoms with Crippen LogP contribution in [0.5, 0.6) is 0 Å². The summed E-state index contributed by atoms with van der Waals surface area (Å²) in [5.41, 5.74) is 5.61. The van der Waals surface area contributed by atoms with Gasteiger partial charge in [0.25, 0.3) is 0 Å². The summed E-state index contributed by atoms with van der Waals surface area (Å²) in [6.45, 7) is 1.90. The lowest BCUT2D eigenvalue weighted by Crippen LogP contribution is -2.31. The van der Waals surface area contributed by atoms with E-state index in [-0.39, 0.29) is 5.97 Å². The van der Waals surface area contributed by atoms with Crippen LogP contribution >= 0.6 is 0 Å². The van der Waals surface area contributed by atoms with Crippen LogP contribution in [-0.4, -0.2) is 24.9 Å². The van der Waals surface area contributed by atoms with Crippen LogP contribution in [0.4, 0.5) is 0 Å². The molecule has 4 heteroatoms. The van der Waals surface area contributed by atoms with Crippen molar-refractivity contribution in [2.75, 3.05) is 7.11 Å². The number of esters is 1. The van der Waals surface area contributed by atoms with Crippen LogP contribution < -0.4 is 5.73 Å². The molecule has 4 nitrogen and oxygen atoms in total. The minimum Gasteiger partial charge on any atom is -0.468 e. The second-order valence-electron chi connectivity index (χ2n) is 4.33. The highest BCUT2D eigenvalue weighted by atomic mass is 16.5. The van der Waals surface area contributed by atoms with Crippen LogP contribution in [0.25, 0.3) is 0 Å². The average Bonchev–Trinajstić information content (AvgIpc) is 2.35. The van der Waals surface area contributed by atoms with Crippen molar-refractivity contribution < 1.29 is 14.3 Å². The molecule has 0 aliphatic carbocycles. The number of ketones is 1. The third-order valence-corrected chi connectivity index (χ3v) is 2.87. The van der Waals surface area contributed by atoms with E-state index >= 15 is 0 Å². The van der Waals surface area contributed by atoms with Gasteiger partial charge in [0.05, 0.1) is 7.11 Å². The molecule has 0 fully saturated rings. The molecule has 0 amide bonds. The first-order valence-electron chi connectivity index (χ1n) is 6.47. The lowest BCUT2D eigenvalue weighted by molar-refractivity contribution is -0.142. The van der Waals surface area contributed by atoms with Crippen LogP contribution in [0, 0.1) is 0 Å². The fourth-order valence-electron chi connectivity index (χ4n) is 1.66. The number of rotatable bonds is 10. The molecule has 0 radical (unpaired) electrons. The van der Waals surface area contributed by atoms with Crippen molar-refractivity contribution in [3.8, 4) is 0 Å². The van der Waals surface area contributed by atoms with Crippen molar-refractivity contribution in [2.45, 2.75) is 64.3 Å². The van der Waals surface area contributed by atoms with Crippen LogP contribution in [0.15, 0.2) is 0 Å². The van der Waals surface area contributed by atoms with Gasteiger partial charge in [0.15, 0.2) is 0 Å². The minimum absolute atomic E-state index is 0.335. The van der Waals surface area contributed by atoms with E-state index in [1.54, 1.807) is 0 Å². The summed E-state index contributed by atoms with van der Waals surface area (Å²) >= 11 is 0. The Kier molecular flexibility index (Phi) is 9.72. The van der Waals surface area contributed by atoms with E-state index < -0.39 is 6.04 Å². The first kappa shape index (κ1) is 16.1. The lowest BCUT2D eigenvalue weighted by atomic mass is 10.0. The third kappa shape index (κ3) is 8.86. The number of hydrogen-bond donors (Lipinski definition) is 1. The number of nitrogens with two attached hydrogens (primary N) is 1. The largest absolute Gasteiger partial charge is 0.468 e. The Labute approximate surface area is 104 Å². The summed E-state index contributed by atoms with van der Waals surface area (Å²) in [7, 11) is 1.35. The van der Waals surface area contributed by atoms with Crippen molar-refractivity contribution in [3.63, 3.8) is 0 Å². The Morgan fingerprint density at radius 1 is 1.12 bits per heavy atom. The molecule has 17 heavy (non-hydrogen) atoms.